The summed E-state index contributed by atoms with van der Waals surface area (Å²) in [5.74, 6) is -0.00924. The Hall–Kier alpha value is -1.08. The number of hydrogen-bond acceptors (Lipinski definition) is 4. The van der Waals surface area contributed by atoms with Gasteiger partial charge in [-0.3, -0.25) is 4.79 Å². The van der Waals surface area contributed by atoms with Gasteiger partial charge in [0.05, 0.1) is 21.8 Å². The second-order valence-electron chi connectivity index (χ2n) is 8.18. The molecule has 2 fully saturated rings. The van der Waals surface area contributed by atoms with Gasteiger partial charge in [0.15, 0.2) is 0 Å². The average Bonchev–Trinajstić information content (AvgIpc) is 2.82. The first-order valence-corrected chi connectivity index (χ1v) is 9.64. The maximum Gasteiger partial charge on any atom is 0.494 e. The fraction of sp³-hybridized carbons (Fsp3) is 0.632. The van der Waals surface area contributed by atoms with Gasteiger partial charge in [-0.25, -0.2) is 0 Å². The number of nitrogens with one attached hydrogen (secondary N) is 1. The van der Waals surface area contributed by atoms with Gasteiger partial charge in [0.2, 0.25) is 0 Å². The van der Waals surface area contributed by atoms with Crippen LogP contribution < -0.4 is 10.8 Å². The van der Waals surface area contributed by atoms with Crippen LogP contribution in [0, 0.1) is 0 Å². The molecule has 142 valence electrons. The van der Waals surface area contributed by atoms with Crippen molar-refractivity contribution in [1.82, 2.24) is 10.2 Å². The SMILES string of the molecule is CNC1CCN(C(=O)c2ccc(B3OC(C)(C)C(C)(C)O3)cc2Cl)CC1. The maximum atomic E-state index is 12.8. The molecule has 1 aromatic rings. The van der Waals surface area contributed by atoms with Crippen molar-refractivity contribution < 1.29 is 14.1 Å². The minimum absolute atomic E-state index is 0.00924. The fourth-order valence-electron chi connectivity index (χ4n) is 3.37. The third-order valence-electron chi connectivity index (χ3n) is 5.94. The van der Waals surface area contributed by atoms with Gasteiger partial charge in [-0.05, 0) is 65.2 Å². The predicted molar refractivity (Wildman–Crippen MR) is 105 cm³/mol. The van der Waals surface area contributed by atoms with Gasteiger partial charge in [-0.15, -0.1) is 0 Å². The molecule has 2 heterocycles. The summed E-state index contributed by atoms with van der Waals surface area (Å²) in [6, 6.07) is 5.94. The largest absolute Gasteiger partial charge is 0.494 e. The normalized spacial score (nSPS) is 22.7. The van der Waals surface area contributed by atoms with E-state index in [0.717, 1.165) is 31.4 Å². The highest BCUT2D eigenvalue weighted by molar-refractivity contribution is 6.62. The number of rotatable bonds is 3. The van der Waals surface area contributed by atoms with E-state index in [1.165, 1.54) is 0 Å². The topological polar surface area (TPSA) is 50.8 Å². The molecule has 26 heavy (non-hydrogen) atoms. The lowest BCUT2D eigenvalue weighted by molar-refractivity contribution is 0.00578. The van der Waals surface area contributed by atoms with Crippen molar-refractivity contribution in [2.45, 2.75) is 57.8 Å². The third kappa shape index (κ3) is 3.65. The molecule has 0 aromatic heterocycles. The Bertz CT molecular complexity index is 671. The van der Waals surface area contributed by atoms with E-state index >= 15 is 0 Å². The number of piperidine rings is 1. The lowest BCUT2D eigenvalue weighted by Gasteiger charge is -2.32. The molecule has 0 atom stereocenters. The van der Waals surface area contributed by atoms with E-state index in [2.05, 4.69) is 5.32 Å². The van der Waals surface area contributed by atoms with Crippen molar-refractivity contribution in [3.8, 4) is 0 Å². The zero-order valence-electron chi connectivity index (χ0n) is 16.3. The van der Waals surface area contributed by atoms with Crippen molar-refractivity contribution in [1.29, 1.82) is 0 Å². The summed E-state index contributed by atoms with van der Waals surface area (Å²) in [7, 11) is 1.49. The standard InChI is InChI=1S/C19H28BClN2O3/c1-18(2)19(3,4)26-20(25-18)13-6-7-15(16(21)12-13)17(24)23-10-8-14(22-5)9-11-23/h6-7,12,14,22H,8-11H2,1-5H3. The van der Waals surface area contributed by atoms with Crippen molar-refractivity contribution in [3.63, 3.8) is 0 Å². The van der Waals surface area contributed by atoms with Crippen LogP contribution in [-0.2, 0) is 9.31 Å². The molecule has 0 saturated carbocycles. The van der Waals surface area contributed by atoms with Gasteiger partial charge in [0.1, 0.15) is 0 Å². The molecule has 3 rings (SSSR count). The van der Waals surface area contributed by atoms with Crippen molar-refractivity contribution >= 4 is 30.1 Å². The molecule has 2 saturated heterocycles. The number of halogens is 1. The summed E-state index contributed by atoms with van der Waals surface area (Å²) < 4.78 is 12.1. The molecule has 0 spiro atoms. The molecule has 0 radical (unpaired) electrons. The quantitative estimate of drug-likeness (QED) is 0.821. The van der Waals surface area contributed by atoms with Crippen LogP contribution in [0.3, 0.4) is 0 Å². The maximum absolute atomic E-state index is 12.8. The number of amides is 1. The van der Waals surface area contributed by atoms with E-state index in [4.69, 9.17) is 20.9 Å². The van der Waals surface area contributed by atoms with Gasteiger partial charge in [0.25, 0.3) is 5.91 Å². The van der Waals surface area contributed by atoms with E-state index in [1.54, 1.807) is 12.1 Å². The highest BCUT2D eigenvalue weighted by Crippen LogP contribution is 2.36. The molecule has 1 amide bonds. The minimum Gasteiger partial charge on any atom is -0.399 e. The molecule has 0 unspecified atom stereocenters. The second-order valence-corrected chi connectivity index (χ2v) is 8.59. The van der Waals surface area contributed by atoms with E-state index in [9.17, 15) is 4.79 Å². The van der Waals surface area contributed by atoms with E-state index in [0.29, 0.717) is 16.6 Å². The summed E-state index contributed by atoms with van der Waals surface area (Å²) >= 11 is 6.45. The number of benzene rings is 1. The Morgan fingerprint density at radius 2 is 1.77 bits per heavy atom. The Morgan fingerprint density at radius 3 is 2.27 bits per heavy atom. The molecular formula is C19H28BClN2O3. The first kappa shape index (κ1) is 19.7. The molecule has 0 bridgehead atoms. The number of nitrogens with zero attached hydrogens (tertiary/aromatic N) is 1. The molecule has 0 aliphatic carbocycles. The molecule has 1 aromatic carbocycles. The summed E-state index contributed by atoms with van der Waals surface area (Å²) in [5.41, 5.74) is 0.556. The Balaban J connectivity index is 1.73. The molecule has 2 aliphatic heterocycles. The number of likely N-dealkylation sites (tertiary alicyclic amines) is 1. The zero-order valence-corrected chi connectivity index (χ0v) is 17.0. The molecule has 1 N–H and O–H groups in total. The number of hydrogen-bond donors (Lipinski definition) is 1. The van der Waals surface area contributed by atoms with Crippen LogP contribution in [-0.4, -0.2) is 55.3 Å². The first-order valence-electron chi connectivity index (χ1n) is 9.26. The van der Waals surface area contributed by atoms with Crippen LogP contribution in [0.4, 0.5) is 0 Å². The highest BCUT2D eigenvalue weighted by atomic mass is 35.5. The van der Waals surface area contributed by atoms with Crippen LogP contribution in [0.2, 0.25) is 5.02 Å². The Labute approximate surface area is 161 Å². The van der Waals surface area contributed by atoms with Crippen LogP contribution in [0.15, 0.2) is 18.2 Å². The second kappa shape index (κ2) is 7.15. The van der Waals surface area contributed by atoms with Gasteiger partial charge >= 0.3 is 7.12 Å². The third-order valence-corrected chi connectivity index (χ3v) is 6.25. The Morgan fingerprint density at radius 1 is 1.19 bits per heavy atom. The summed E-state index contributed by atoms with van der Waals surface area (Å²) in [4.78, 5) is 14.7. The van der Waals surface area contributed by atoms with E-state index in [1.807, 2.05) is 45.7 Å². The highest BCUT2D eigenvalue weighted by Gasteiger charge is 2.51. The zero-order chi connectivity index (χ0) is 19.1. The number of carbonyl (C=O) groups is 1. The minimum atomic E-state index is -0.479. The lowest BCUT2D eigenvalue weighted by Crippen LogP contribution is -2.44. The molecular weight excluding hydrogens is 350 g/mol. The van der Waals surface area contributed by atoms with Crippen LogP contribution >= 0.6 is 11.6 Å². The van der Waals surface area contributed by atoms with Crippen molar-refractivity contribution in [2.75, 3.05) is 20.1 Å². The van der Waals surface area contributed by atoms with Crippen LogP contribution in [0.1, 0.15) is 50.9 Å². The summed E-state index contributed by atoms with van der Waals surface area (Å²) in [6.45, 7) is 9.56. The van der Waals surface area contributed by atoms with E-state index < -0.39 is 18.3 Å². The summed E-state index contributed by atoms with van der Waals surface area (Å²) in [5, 5.41) is 3.72. The van der Waals surface area contributed by atoms with Gasteiger partial charge in [-0.2, -0.15) is 0 Å². The van der Waals surface area contributed by atoms with E-state index in [-0.39, 0.29) is 5.91 Å². The smallest absolute Gasteiger partial charge is 0.399 e. The van der Waals surface area contributed by atoms with Crippen LogP contribution in [0.25, 0.3) is 0 Å². The monoisotopic (exact) mass is 378 g/mol. The molecule has 7 heteroatoms. The molecule has 5 nitrogen and oxygen atoms in total. The van der Waals surface area contributed by atoms with Gasteiger partial charge in [0, 0.05) is 19.1 Å². The predicted octanol–water partition coefficient (Wildman–Crippen LogP) is 2.46. The summed E-state index contributed by atoms with van der Waals surface area (Å²) in [6.07, 6.45) is 1.93. The Kier molecular flexibility index (Phi) is 5.41. The van der Waals surface area contributed by atoms with Gasteiger partial charge in [-0.1, -0.05) is 17.7 Å². The molecule has 2 aliphatic rings. The first-order chi connectivity index (χ1) is 12.1. The van der Waals surface area contributed by atoms with Crippen LogP contribution in [0.5, 0.6) is 0 Å². The average molecular weight is 379 g/mol. The van der Waals surface area contributed by atoms with Crippen molar-refractivity contribution in [3.05, 3.63) is 28.8 Å². The fourth-order valence-corrected chi connectivity index (χ4v) is 3.64. The van der Waals surface area contributed by atoms with Crippen molar-refractivity contribution in [2.24, 2.45) is 0 Å². The van der Waals surface area contributed by atoms with Gasteiger partial charge < -0.3 is 19.5 Å². The number of carbonyl (C=O) groups excluding carboxylic acids is 1. The lowest BCUT2D eigenvalue weighted by atomic mass is 9.79.